The van der Waals surface area contributed by atoms with Crippen LogP contribution in [-0.2, 0) is 19.0 Å². The van der Waals surface area contributed by atoms with Crippen molar-refractivity contribution in [3.8, 4) is 0 Å². The minimum atomic E-state index is -0.317. The zero-order valence-electron chi connectivity index (χ0n) is 12.2. The van der Waals surface area contributed by atoms with Crippen LogP contribution < -0.4 is 0 Å². The second kappa shape index (κ2) is 8.20. The van der Waals surface area contributed by atoms with Gasteiger partial charge in [0.15, 0.2) is 6.29 Å². The van der Waals surface area contributed by atoms with E-state index in [1.807, 2.05) is 0 Å². The lowest BCUT2D eigenvalue weighted by Crippen LogP contribution is -2.39. The first-order chi connectivity index (χ1) is 9.72. The normalized spacial score (nSPS) is 34.7. The summed E-state index contributed by atoms with van der Waals surface area (Å²) >= 11 is 5.45. The molecule has 0 spiro atoms. The minimum absolute atomic E-state index is 0.0222. The van der Waals surface area contributed by atoms with Crippen LogP contribution in [0.3, 0.4) is 0 Å². The van der Waals surface area contributed by atoms with Gasteiger partial charge in [0, 0.05) is 11.8 Å². The van der Waals surface area contributed by atoms with Crippen molar-refractivity contribution in [3.63, 3.8) is 0 Å². The molecule has 2 rings (SSSR count). The Labute approximate surface area is 126 Å². The van der Waals surface area contributed by atoms with E-state index in [4.69, 9.17) is 25.8 Å². The summed E-state index contributed by atoms with van der Waals surface area (Å²) < 4.78 is 17.0. The first kappa shape index (κ1) is 16.1. The SMILES string of the molecule is CCCC1COC(C2CCC(OC(=O)CCl)CC2)OC1. The Hall–Kier alpha value is -0.320. The molecule has 1 saturated carbocycles. The molecule has 4 nitrogen and oxygen atoms in total. The second-order valence-corrected chi connectivity index (χ2v) is 6.12. The van der Waals surface area contributed by atoms with E-state index in [1.165, 1.54) is 12.8 Å². The molecule has 20 heavy (non-hydrogen) atoms. The predicted octanol–water partition coefficient (Wildman–Crippen LogP) is 3.12. The molecule has 0 aromatic rings. The van der Waals surface area contributed by atoms with E-state index in [-0.39, 0.29) is 24.2 Å². The van der Waals surface area contributed by atoms with Crippen LogP contribution in [0.2, 0.25) is 0 Å². The molecule has 0 N–H and O–H groups in total. The fourth-order valence-corrected chi connectivity index (χ4v) is 3.16. The van der Waals surface area contributed by atoms with E-state index in [0.717, 1.165) is 38.9 Å². The third kappa shape index (κ3) is 4.61. The monoisotopic (exact) mass is 304 g/mol. The minimum Gasteiger partial charge on any atom is -0.461 e. The van der Waals surface area contributed by atoms with Gasteiger partial charge in [-0.15, -0.1) is 11.6 Å². The summed E-state index contributed by atoms with van der Waals surface area (Å²) in [5.74, 6) is 0.608. The number of hydrogen-bond acceptors (Lipinski definition) is 4. The van der Waals surface area contributed by atoms with Gasteiger partial charge in [-0.05, 0) is 32.1 Å². The second-order valence-electron chi connectivity index (χ2n) is 5.85. The summed E-state index contributed by atoms with van der Waals surface area (Å²) in [4.78, 5) is 11.2. The largest absolute Gasteiger partial charge is 0.461 e. The smallest absolute Gasteiger partial charge is 0.321 e. The van der Waals surface area contributed by atoms with Gasteiger partial charge < -0.3 is 14.2 Å². The number of carbonyl (C=O) groups excluding carboxylic acids is 1. The van der Waals surface area contributed by atoms with Gasteiger partial charge in [-0.3, -0.25) is 4.79 Å². The zero-order valence-corrected chi connectivity index (χ0v) is 12.9. The lowest BCUT2D eigenvalue weighted by atomic mass is 9.86. The molecule has 2 fully saturated rings. The summed E-state index contributed by atoms with van der Waals surface area (Å²) in [5.41, 5.74) is 0. The van der Waals surface area contributed by atoms with E-state index in [0.29, 0.717) is 11.8 Å². The third-order valence-corrected chi connectivity index (χ3v) is 4.42. The van der Waals surface area contributed by atoms with Crippen molar-refractivity contribution in [3.05, 3.63) is 0 Å². The third-order valence-electron chi connectivity index (χ3n) is 4.20. The van der Waals surface area contributed by atoms with Crippen LogP contribution in [0.1, 0.15) is 45.4 Å². The number of rotatable bonds is 5. The van der Waals surface area contributed by atoms with Crippen LogP contribution in [0, 0.1) is 11.8 Å². The Kier molecular flexibility index (Phi) is 6.59. The number of alkyl halides is 1. The molecule has 1 aliphatic heterocycles. The van der Waals surface area contributed by atoms with Gasteiger partial charge in [0.2, 0.25) is 0 Å². The summed E-state index contributed by atoms with van der Waals surface area (Å²) in [6, 6.07) is 0. The van der Waals surface area contributed by atoms with Crippen molar-refractivity contribution in [1.82, 2.24) is 0 Å². The molecule has 0 unspecified atom stereocenters. The maximum Gasteiger partial charge on any atom is 0.321 e. The van der Waals surface area contributed by atoms with E-state index < -0.39 is 0 Å². The molecule has 2 aliphatic rings. The van der Waals surface area contributed by atoms with Crippen molar-refractivity contribution in [2.24, 2.45) is 11.8 Å². The first-order valence-corrected chi connectivity index (χ1v) is 8.25. The van der Waals surface area contributed by atoms with Gasteiger partial charge >= 0.3 is 5.97 Å². The highest BCUT2D eigenvalue weighted by Gasteiger charge is 2.33. The summed E-state index contributed by atoms with van der Waals surface area (Å²) in [6.45, 7) is 3.83. The summed E-state index contributed by atoms with van der Waals surface area (Å²) in [7, 11) is 0. The van der Waals surface area contributed by atoms with E-state index in [2.05, 4.69) is 6.92 Å². The molecular weight excluding hydrogens is 280 g/mol. The predicted molar refractivity (Wildman–Crippen MR) is 76.6 cm³/mol. The van der Waals surface area contributed by atoms with Crippen LogP contribution in [0.25, 0.3) is 0 Å². The molecule has 0 aromatic carbocycles. The summed E-state index contributed by atoms with van der Waals surface area (Å²) in [5, 5.41) is 0. The van der Waals surface area contributed by atoms with Crippen molar-refractivity contribution in [2.45, 2.75) is 57.8 Å². The Bertz CT molecular complexity index is 294. The molecule has 0 radical (unpaired) electrons. The molecular formula is C15H25ClO4. The lowest BCUT2D eigenvalue weighted by molar-refractivity contribution is -0.231. The number of carbonyl (C=O) groups is 1. The fraction of sp³-hybridized carbons (Fsp3) is 0.933. The Morgan fingerprint density at radius 1 is 1.20 bits per heavy atom. The van der Waals surface area contributed by atoms with Gasteiger partial charge in [0.1, 0.15) is 12.0 Å². The van der Waals surface area contributed by atoms with Crippen LogP contribution in [-0.4, -0.2) is 37.5 Å². The molecule has 5 heteroatoms. The zero-order chi connectivity index (χ0) is 14.4. The molecule has 1 saturated heterocycles. The molecule has 0 amide bonds. The average Bonchev–Trinajstić information content (AvgIpc) is 2.49. The van der Waals surface area contributed by atoms with Crippen LogP contribution in [0.4, 0.5) is 0 Å². The van der Waals surface area contributed by atoms with Gasteiger partial charge in [-0.1, -0.05) is 13.3 Å². The van der Waals surface area contributed by atoms with Crippen molar-refractivity contribution >= 4 is 17.6 Å². The number of ether oxygens (including phenoxy) is 3. The molecule has 1 aliphatic carbocycles. The average molecular weight is 305 g/mol. The Morgan fingerprint density at radius 2 is 1.85 bits per heavy atom. The molecule has 116 valence electrons. The van der Waals surface area contributed by atoms with Crippen LogP contribution >= 0.6 is 11.6 Å². The molecule has 0 atom stereocenters. The Balaban J connectivity index is 1.68. The standard InChI is InChI=1S/C15H25ClO4/c1-2-3-11-9-18-15(19-10-11)12-4-6-13(7-5-12)20-14(17)8-16/h11-13,15H,2-10H2,1H3. The fourth-order valence-electron chi connectivity index (χ4n) is 3.10. The van der Waals surface area contributed by atoms with E-state index in [1.54, 1.807) is 0 Å². The van der Waals surface area contributed by atoms with Crippen molar-refractivity contribution in [2.75, 3.05) is 19.1 Å². The highest BCUT2D eigenvalue weighted by molar-refractivity contribution is 6.26. The van der Waals surface area contributed by atoms with Gasteiger partial charge in [0.05, 0.1) is 13.2 Å². The summed E-state index contributed by atoms with van der Waals surface area (Å²) in [6.07, 6.45) is 6.06. The van der Waals surface area contributed by atoms with Crippen molar-refractivity contribution < 1.29 is 19.0 Å². The van der Waals surface area contributed by atoms with E-state index >= 15 is 0 Å². The van der Waals surface area contributed by atoms with Gasteiger partial charge in [-0.2, -0.15) is 0 Å². The maximum atomic E-state index is 11.2. The maximum absolute atomic E-state index is 11.2. The Morgan fingerprint density at radius 3 is 2.40 bits per heavy atom. The quantitative estimate of drug-likeness (QED) is 0.578. The van der Waals surface area contributed by atoms with Gasteiger partial charge in [-0.25, -0.2) is 0 Å². The van der Waals surface area contributed by atoms with Crippen LogP contribution in [0.5, 0.6) is 0 Å². The number of halogens is 1. The highest BCUT2D eigenvalue weighted by Crippen LogP contribution is 2.32. The number of esters is 1. The molecule has 1 heterocycles. The van der Waals surface area contributed by atoms with Crippen molar-refractivity contribution in [1.29, 1.82) is 0 Å². The molecule has 0 aromatic heterocycles. The highest BCUT2D eigenvalue weighted by atomic mass is 35.5. The topological polar surface area (TPSA) is 44.8 Å². The first-order valence-electron chi connectivity index (χ1n) is 7.71. The lowest BCUT2D eigenvalue weighted by Gasteiger charge is -2.37. The van der Waals surface area contributed by atoms with E-state index in [9.17, 15) is 4.79 Å². The molecule has 0 bridgehead atoms. The van der Waals surface area contributed by atoms with Gasteiger partial charge in [0.25, 0.3) is 0 Å². The van der Waals surface area contributed by atoms with Crippen LogP contribution in [0.15, 0.2) is 0 Å². The number of hydrogen-bond donors (Lipinski definition) is 0.